The summed E-state index contributed by atoms with van der Waals surface area (Å²) in [5.74, 6) is 0.300. The number of esters is 2. The Morgan fingerprint density at radius 1 is 0.872 bits per heavy atom. The summed E-state index contributed by atoms with van der Waals surface area (Å²) in [4.78, 5) is 27.1. The molecule has 4 saturated carbocycles. The van der Waals surface area contributed by atoms with Gasteiger partial charge in [0.05, 0.1) is 37.3 Å². The van der Waals surface area contributed by atoms with Gasteiger partial charge in [0.2, 0.25) is 6.29 Å². The molecule has 0 spiro atoms. The van der Waals surface area contributed by atoms with Crippen molar-refractivity contribution in [2.75, 3.05) is 13.7 Å². The number of hydrogen-bond donors (Lipinski definition) is 4. The van der Waals surface area contributed by atoms with E-state index in [0.29, 0.717) is 24.7 Å². The molecule has 47 heavy (non-hydrogen) atoms. The van der Waals surface area contributed by atoms with Gasteiger partial charge in [0, 0.05) is 5.41 Å². The van der Waals surface area contributed by atoms with Crippen molar-refractivity contribution in [1.82, 2.24) is 0 Å². The molecule has 4 N–H and O–H groups in total. The minimum atomic E-state index is -1.64. The molecule has 0 bridgehead atoms. The lowest BCUT2D eigenvalue weighted by Crippen LogP contribution is -2.66. The number of fused-ring (bicyclic) bond motifs is 7. The highest BCUT2D eigenvalue weighted by Crippen LogP contribution is 2.77. The molecule has 0 aromatic heterocycles. The van der Waals surface area contributed by atoms with Crippen LogP contribution in [0.5, 0.6) is 0 Å². The molecule has 0 aromatic rings. The smallest absolute Gasteiger partial charge is 0.314 e. The van der Waals surface area contributed by atoms with E-state index in [2.05, 4.69) is 48.1 Å². The van der Waals surface area contributed by atoms with Gasteiger partial charge in [-0.15, -0.1) is 0 Å². The molecule has 0 radical (unpaired) electrons. The van der Waals surface area contributed by atoms with Gasteiger partial charge in [-0.25, -0.2) is 0 Å². The summed E-state index contributed by atoms with van der Waals surface area (Å²) >= 11 is 0. The molecule has 6 aliphatic rings. The summed E-state index contributed by atoms with van der Waals surface area (Å²) in [6.45, 7) is 17.5. The number of carbonyl (C=O) groups is 2. The van der Waals surface area contributed by atoms with E-state index in [-0.39, 0.29) is 58.1 Å². The SMILES string of the molecule is C=C(C)[C@@H]1CCC2(C(=O)O[C@H]3O[C@@H](CO)[C@H](O)[C@@H](O)[C@@H]3O)CC[C@]3(C)C(CCC4[C@]5(C)C(CC[C@]43C)C(C)(C)O[C@@H]5CC(=O)OC)C12. The van der Waals surface area contributed by atoms with Crippen LogP contribution in [0.1, 0.15) is 99.3 Å². The molecule has 2 heterocycles. The fourth-order valence-electron chi connectivity index (χ4n) is 12.8. The van der Waals surface area contributed by atoms with E-state index in [1.807, 2.05) is 0 Å². The average Bonchev–Trinajstić information content (AvgIpc) is 3.50. The number of rotatable bonds is 6. The Balaban J connectivity index is 1.34. The molecule has 2 saturated heterocycles. The number of aliphatic hydroxyl groups excluding tert-OH is 4. The highest BCUT2D eigenvalue weighted by Gasteiger charge is 2.74. The number of methoxy groups -OCH3 is 1. The molecule has 6 fully saturated rings. The standard InChI is InChI=1S/C37H58O10/c1-19(2)20-11-14-37(32(43)46-31-30(42)29(41)28(40)22(18-38)45-31)16-15-34(5)21(27(20)37)9-10-24-35(34,6)13-12-23-33(3,4)47-25(36(23,24)7)17-26(39)44-8/h20-25,27-31,38,40-42H,1,9-18H2,2-8H3/t20-,21?,22-,23?,24?,25+,27?,28-,29+,30-,31+,34+,35+,36-,37?/m0/s1. The lowest BCUT2D eigenvalue weighted by molar-refractivity contribution is -0.298. The molecular weight excluding hydrogens is 604 g/mol. The molecular formula is C37H58O10. The van der Waals surface area contributed by atoms with Gasteiger partial charge in [0.25, 0.3) is 0 Å². The first-order valence-electron chi connectivity index (χ1n) is 17.8. The second-order valence-corrected chi connectivity index (χ2v) is 17.3. The van der Waals surface area contributed by atoms with E-state index in [9.17, 15) is 30.0 Å². The maximum atomic E-state index is 14.4. The fourth-order valence-corrected chi connectivity index (χ4v) is 12.8. The Morgan fingerprint density at radius 3 is 2.21 bits per heavy atom. The monoisotopic (exact) mass is 662 g/mol. The Hall–Kier alpha value is -1.56. The molecule has 2 aliphatic heterocycles. The van der Waals surface area contributed by atoms with Gasteiger partial charge in [0.15, 0.2) is 0 Å². The third kappa shape index (κ3) is 4.85. The van der Waals surface area contributed by atoms with Gasteiger partial charge in [-0.2, -0.15) is 0 Å². The average molecular weight is 663 g/mol. The number of allylic oxidation sites excluding steroid dienone is 1. The van der Waals surface area contributed by atoms with Crippen LogP contribution >= 0.6 is 0 Å². The van der Waals surface area contributed by atoms with Crippen LogP contribution in [0.4, 0.5) is 0 Å². The first-order chi connectivity index (χ1) is 21.9. The lowest BCUT2D eigenvalue weighted by Gasteiger charge is -2.70. The molecule has 4 aliphatic carbocycles. The highest BCUT2D eigenvalue weighted by molar-refractivity contribution is 5.78. The Morgan fingerprint density at radius 2 is 1.57 bits per heavy atom. The lowest BCUT2D eigenvalue weighted by atomic mass is 9.33. The number of carbonyl (C=O) groups excluding carboxylic acids is 2. The summed E-state index contributed by atoms with van der Waals surface area (Å²) in [7, 11) is 1.44. The maximum absolute atomic E-state index is 14.4. The predicted octanol–water partition coefficient (Wildman–Crippen LogP) is 3.91. The minimum Gasteiger partial charge on any atom is -0.469 e. The second-order valence-electron chi connectivity index (χ2n) is 17.3. The Labute approximate surface area is 279 Å². The van der Waals surface area contributed by atoms with Gasteiger partial charge in [-0.05, 0) is 113 Å². The van der Waals surface area contributed by atoms with Crippen LogP contribution in [0, 0.1) is 51.2 Å². The Bertz CT molecular complexity index is 1270. The maximum Gasteiger partial charge on any atom is 0.314 e. The summed E-state index contributed by atoms with van der Waals surface area (Å²) in [6.07, 6.45) is -0.530. The van der Waals surface area contributed by atoms with Crippen LogP contribution in [0.2, 0.25) is 0 Å². The van der Waals surface area contributed by atoms with Gasteiger partial charge in [-0.1, -0.05) is 32.9 Å². The molecule has 6 rings (SSSR count). The first-order valence-corrected chi connectivity index (χ1v) is 17.8. The Kier molecular flexibility index (Phi) is 8.83. The van der Waals surface area contributed by atoms with E-state index >= 15 is 0 Å². The summed E-state index contributed by atoms with van der Waals surface area (Å²) in [6, 6.07) is 0. The van der Waals surface area contributed by atoms with Gasteiger partial charge in [-0.3, -0.25) is 9.59 Å². The van der Waals surface area contributed by atoms with Crippen molar-refractivity contribution in [1.29, 1.82) is 0 Å². The second kappa shape index (κ2) is 11.8. The molecule has 10 nitrogen and oxygen atoms in total. The van der Waals surface area contributed by atoms with Crippen molar-refractivity contribution < 1.29 is 49.0 Å². The van der Waals surface area contributed by atoms with Crippen molar-refractivity contribution >= 4 is 11.9 Å². The topological polar surface area (TPSA) is 152 Å². The van der Waals surface area contributed by atoms with Crippen molar-refractivity contribution in [3.05, 3.63) is 12.2 Å². The third-order valence-corrected chi connectivity index (χ3v) is 15.3. The van der Waals surface area contributed by atoms with E-state index in [1.54, 1.807) is 0 Å². The first kappa shape index (κ1) is 35.3. The number of hydrogen-bond acceptors (Lipinski definition) is 10. The molecule has 5 unspecified atom stereocenters. The van der Waals surface area contributed by atoms with Crippen molar-refractivity contribution in [3.63, 3.8) is 0 Å². The largest absolute Gasteiger partial charge is 0.469 e. The molecule has 266 valence electrons. The minimum absolute atomic E-state index is 0.0124. The van der Waals surface area contributed by atoms with Crippen LogP contribution in [0.3, 0.4) is 0 Å². The van der Waals surface area contributed by atoms with Crippen LogP contribution in [0.25, 0.3) is 0 Å². The van der Waals surface area contributed by atoms with Crippen LogP contribution < -0.4 is 0 Å². The molecule has 0 amide bonds. The zero-order valence-corrected chi connectivity index (χ0v) is 29.4. The number of aliphatic hydroxyl groups is 4. The van der Waals surface area contributed by atoms with Crippen molar-refractivity contribution in [2.24, 2.45) is 51.2 Å². The van der Waals surface area contributed by atoms with Gasteiger partial charge in [0.1, 0.15) is 24.4 Å². The highest BCUT2D eigenvalue weighted by atomic mass is 16.7. The van der Waals surface area contributed by atoms with Gasteiger partial charge >= 0.3 is 11.9 Å². The van der Waals surface area contributed by atoms with Crippen molar-refractivity contribution in [2.45, 2.75) is 142 Å². The third-order valence-electron chi connectivity index (χ3n) is 15.3. The van der Waals surface area contributed by atoms with E-state index in [1.165, 1.54) is 7.11 Å². The molecule has 10 heteroatoms. The van der Waals surface area contributed by atoms with Crippen molar-refractivity contribution in [3.8, 4) is 0 Å². The zero-order chi connectivity index (χ0) is 34.5. The van der Waals surface area contributed by atoms with Crippen LogP contribution in [-0.4, -0.2) is 88.5 Å². The van der Waals surface area contributed by atoms with E-state index < -0.39 is 48.7 Å². The summed E-state index contributed by atoms with van der Waals surface area (Å²) in [5.41, 5.74) is -0.453. The summed E-state index contributed by atoms with van der Waals surface area (Å²) < 4.78 is 23.5. The van der Waals surface area contributed by atoms with E-state index in [4.69, 9.17) is 18.9 Å². The zero-order valence-electron chi connectivity index (χ0n) is 29.4. The van der Waals surface area contributed by atoms with Crippen LogP contribution in [0.15, 0.2) is 12.2 Å². The predicted molar refractivity (Wildman–Crippen MR) is 171 cm³/mol. The number of ether oxygens (including phenoxy) is 4. The summed E-state index contributed by atoms with van der Waals surface area (Å²) in [5, 5.41) is 41.1. The normalized spacial score (nSPS) is 51.6. The fraction of sp³-hybridized carbons (Fsp3) is 0.892. The molecule has 0 aromatic carbocycles. The van der Waals surface area contributed by atoms with Crippen LogP contribution in [-0.2, 0) is 28.5 Å². The van der Waals surface area contributed by atoms with E-state index in [0.717, 1.165) is 44.1 Å². The quantitative estimate of drug-likeness (QED) is 0.243. The molecule has 15 atom stereocenters. The van der Waals surface area contributed by atoms with Gasteiger partial charge < -0.3 is 39.4 Å².